The Balaban J connectivity index is 1.85. The van der Waals surface area contributed by atoms with Crippen molar-refractivity contribution in [2.75, 3.05) is 20.1 Å². The van der Waals surface area contributed by atoms with E-state index in [0.717, 1.165) is 5.92 Å². The molecule has 2 nitrogen and oxygen atoms in total. The number of thiophene rings is 1. The molecule has 1 saturated heterocycles. The minimum absolute atomic E-state index is 0.694. The quantitative estimate of drug-likeness (QED) is 0.886. The Morgan fingerprint density at radius 1 is 1.47 bits per heavy atom. The minimum Gasteiger partial charge on any atom is -0.317 e. The molecule has 96 valence electrons. The molecule has 2 rings (SSSR count). The van der Waals surface area contributed by atoms with Gasteiger partial charge in [0.15, 0.2) is 0 Å². The van der Waals surface area contributed by atoms with E-state index in [1.807, 2.05) is 0 Å². The predicted molar refractivity (Wildman–Crippen MR) is 75.7 cm³/mol. The average molecular weight is 252 g/mol. The van der Waals surface area contributed by atoms with Crippen molar-refractivity contribution in [3.8, 4) is 0 Å². The molecule has 0 aromatic carbocycles. The first-order valence-electron chi connectivity index (χ1n) is 6.64. The van der Waals surface area contributed by atoms with E-state index in [4.69, 9.17) is 0 Å². The second-order valence-corrected chi connectivity index (χ2v) is 5.98. The van der Waals surface area contributed by atoms with Crippen LogP contribution in [0.3, 0.4) is 0 Å². The van der Waals surface area contributed by atoms with Crippen molar-refractivity contribution in [1.29, 1.82) is 0 Å². The standard InChI is InChI=1S/C14H24N2S/c1-11-12(2)16(8-5-14(11)15-3)7-4-13-6-9-17-10-13/h6,9-12,14-15H,4-5,7-8H2,1-3H3. The highest BCUT2D eigenvalue weighted by Gasteiger charge is 2.30. The largest absolute Gasteiger partial charge is 0.317 e. The van der Waals surface area contributed by atoms with Gasteiger partial charge < -0.3 is 5.32 Å². The van der Waals surface area contributed by atoms with E-state index in [1.54, 1.807) is 11.3 Å². The Morgan fingerprint density at radius 2 is 2.29 bits per heavy atom. The lowest BCUT2D eigenvalue weighted by atomic mass is 9.87. The maximum absolute atomic E-state index is 3.45. The lowest BCUT2D eigenvalue weighted by Crippen LogP contribution is -2.52. The molecular formula is C14H24N2S. The minimum atomic E-state index is 0.694. The summed E-state index contributed by atoms with van der Waals surface area (Å²) in [5.41, 5.74) is 1.49. The molecule has 3 atom stereocenters. The number of hydrogen-bond donors (Lipinski definition) is 1. The predicted octanol–water partition coefficient (Wildman–Crippen LogP) is 2.61. The first kappa shape index (κ1) is 13.1. The van der Waals surface area contributed by atoms with Crippen LogP contribution in [0.1, 0.15) is 25.8 Å². The van der Waals surface area contributed by atoms with Crippen molar-refractivity contribution >= 4 is 11.3 Å². The molecule has 0 amide bonds. The molecule has 17 heavy (non-hydrogen) atoms. The lowest BCUT2D eigenvalue weighted by Gasteiger charge is -2.42. The molecule has 0 radical (unpaired) electrons. The Bertz CT molecular complexity index is 323. The number of rotatable bonds is 4. The fourth-order valence-electron chi connectivity index (χ4n) is 2.87. The van der Waals surface area contributed by atoms with Crippen LogP contribution >= 0.6 is 11.3 Å². The number of nitrogens with zero attached hydrogens (tertiary/aromatic N) is 1. The zero-order valence-corrected chi connectivity index (χ0v) is 12.0. The molecule has 1 fully saturated rings. The van der Waals surface area contributed by atoms with Crippen molar-refractivity contribution < 1.29 is 0 Å². The molecule has 1 aliphatic heterocycles. The second kappa shape index (κ2) is 5.98. The summed E-state index contributed by atoms with van der Waals surface area (Å²) in [6.07, 6.45) is 2.48. The fraction of sp³-hybridized carbons (Fsp3) is 0.714. The van der Waals surface area contributed by atoms with E-state index in [2.05, 4.69) is 47.9 Å². The van der Waals surface area contributed by atoms with Crippen LogP contribution in [0.2, 0.25) is 0 Å². The van der Waals surface area contributed by atoms with Gasteiger partial charge in [-0.1, -0.05) is 6.92 Å². The second-order valence-electron chi connectivity index (χ2n) is 5.20. The third-order valence-corrected chi connectivity index (χ3v) is 5.07. The molecule has 0 spiro atoms. The lowest BCUT2D eigenvalue weighted by molar-refractivity contribution is 0.0889. The third-order valence-electron chi connectivity index (χ3n) is 4.34. The topological polar surface area (TPSA) is 15.3 Å². The summed E-state index contributed by atoms with van der Waals surface area (Å²) < 4.78 is 0. The smallest absolute Gasteiger partial charge is 0.0117 e. The van der Waals surface area contributed by atoms with Crippen LogP contribution in [-0.2, 0) is 6.42 Å². The summed E-state index contributed by atoms with van der Waals surface area (Å²) in [5.74, 6) is 0.747. The van der Waals surface area contributed by atoms with Gasteiger partial charge in [-0.3, -0.25) is 4.90 Å². The normalized spacial score (nSPS) is 30.6. The molecule has 1 N–H and O–H groups in total. The van der Waals surface area contributed by atoms with Gasteiger partial charge in [0.25, 0.3) is 0 Å². The molecule has 3 heteroatoms. The van der Waals surface area contributed by atoms with E-state index < -0.39 is 0 Å². The van der Waals surface area contributed by atoms with E-state index >= 15 is 0 Å². The summed E-state index contributed by atoms with van der Waals surface area (Å²) >= 11 is 1.80. The third kappa shape index (κ3) is 3.09. The van der Waals surface area contributed by atoms with E-state index in [-0.39, 0.29) is 0 Å². The zero-order valence-electron chi connectivity index (χ0n) is 11.1. The highest BCUT2D eigenvalue weighted by molar-refractivity contribution is 7.07. The zero-order chi connectivity index (χ0) is 12.3. The maximum Gasteiger partial charge on any atom is 0.0117 e. The first-order chi connectivity index (χ1) is 8.22. The van der Waals surface area contributed by atoms with Crippen molar-refractivity contribution in [1.82, 2.24) is 10.2 Å². The number of piperidine rings is 1. The Morgan fingerprint density at radius 3 is 2.94 bits per heavy atom. The summed E-state index contributed by atoms with van der Waals surface area (Å²) in [6.45, 7) is 7.20. The Labute approximate surface area is 109 Å². The SMILES string of the molecule is CNC1CCN(CCc2ccsc2)C(C)C1C. The molecule has 0 aliphatic carbocycles. The number of hydrogen-bond acceptors (Lipinski definition) is 3. The fourth-order valence-corrected chi connectivity index (χ4v) is 3.57. The van der Waals surface area contributed by atoms with Crippen molar-refractivity contribution in [2.45, 2.75) is 38.8 Å². The molecule has 2 heterocycles. The summed E-state index contributed by atoms with van der Waals surface area (Å²) in [4.78, 5) is 2.65. The van der Waals surface area contributed by atoms with Crippen LogP contribution in [0.25, 0.3) is 0 Å². The van der Waals surface area contributed by atoms with Gasteiger partial charge in [-0.15, -0.1) is 0 Å². The molecule has 1 aromatic heterocycles. The molecule has 0 bridgehead atoms. The number of likely N-dealkylation sites (tertiary alicyclic amines) is 1. The van der Waals surface area contributed by atoms with E-state index in [1.165, 1.54) is 31.5 Å². The van der Waals surface area contributed by atoms with Gasteiger partial charge in [0, 0.05) is 18.6 Å². The van der Waals surface area contributed by atoms with Crippen LogP contribution in [0, 0.1) is 5.92 Å². The first-order valence-corrected chi connectivity index (χ1v) is 7.59. The average Bonchev–Trinajstić information content (AvgIpc) is 2.84. The summed E-state index contributed by atoms with van der Waals surface area (Å²) in [5, 5.41) is 7.90. The summed E-state index contributed by atoms with van der Waals surface area (Å²) in [7, 11) is 2.09. The summed E-state index contributed by atoms with van der Waals surface area (Å²) in [6, 6.07) is 3.64. The van der Waals surface area contributed by atoms with Crippen LogP contribution in [-0.4, -0.2) is 37.1 Å². The molecule has 3 unspecified atom stereocenters. The van der Waals surface area contributed by atoms with E-state index in [9.17, 15) is 0 Å². The maximum atomic E-state index is 3.45. The monoisotopic (exact) mass is 252 g/mol. The van der Waals surface area contributed by atoms with Gasteiger partial charge >= 0.3 is 0 Å². The van der Waals surface area contributed by atoms with Crippen LogP contribution in [0.15, 0.2) is 16.8 Å². The Kier molecular flexibility index (Phi) is 4.60. The highest BCUT2D eigenvalue weighted by Crippen LogP contribution is 2.23. The van der Waals surface area contributed by atoms with Crippen LogP contribution < -0.4 is 5.32 Å². The Hall–Kier alpha value is -0.380. The van der Waals surface area contributed by atoms with Gasteiger partial charge in [0.05, 0.1) is 0 Å². The molecular weight excluding hydrogens is 228 g/mol. The number of nitrogens with one attached hydrogen (secondary N) is 1. The molecule has 0 saturated carbocycles. The van der Waals surface area contributed by atoms with Gasteiger partial charge in [-0.05, 0) is 61.7 Å². The van der Waals surface area contributed by atoms with Gasteiger partial charge in [-0.2, -0.15) is 11.3 Å². The highest BCUT2D eigenvalue weighted by atomic mass is 32.1. The van der Waals surface area contributed by atoms with E-state index in [0.29, 0.717) is 12.1 Å². The van der Waals surface area contributed by atoms with Crippen molar-refractivity contribution in [3.63, 3.8) is 0 Å². The van der Waals surface area contributed by atoms with Gasteiger partial charge in [0.2, 0.25) is 0 Å². The van der Waals surface area contributed by atoms with Crippen LogP contribution in [0.4, 0.5) is 0 Å². The van der Waals surface area contributed by atoms with Crippen molar-refractivity contribution in [3.05, 3.63) is 22.4 Å². The van der Waals surface area contributed by atoms with Gasteiger partial charge in [-0.25, -0.2) is 0 Å². The van der Waals surface area contributed by atoms with Crippen molar-refractivity contribution in [2.24, 2.45) is 5.92 Å². The molecule has 1 aromatic rings. The molecule has 1 aliphatic rings. The van der Waals surface area contributed by atoms with Crippen LogP contribution in [0.5, 0.6) is 0 Å². The van der Waals surface area contributed by atoms with Gasteiger partial charge in [0.1, 0.15) is 0 Å².